The Morgan fingerprint density at radius 1 is 1.02 bits per heavy atom. The number of carbonyl (C=O) groups excluding carboxylic acids is 2. The molecule has 0 atom stereocenters. The molecule has 1 aromatic carbocycles. The molecule has 2 heterocycles. The number of piperidine rings is 1. The summed E-state index contributed by atoms with van der Waals surface area (Å²) in [7, 11) is 1.41. The molecule has 0 spiro atoms. The van der Waals surface area contributed by atoms with Crippen LogP contribution in [-0.4, -0.2) is 77.6 Å². The van der Waals surface area contributed by atoms with Gasteiger partial charge in [-0.15, -0.1) is 0 Å². The van der Waals surface area contributed by atoms with Crippen LogP contribution in [-0.2, 0) is 26.3 Å². The van der Waals surface area contributed by atoms with E-state index in [9.17, 15) is 9.59 Å². The predicted octanol–water partition coefficient (Wildman–Crippen LogP) is 6.09. The molecule has 0 aliphatic carbocycles. The number of carbonyl (C=O) groups is 2. The first-order valence-corrected chi connectivity index (χ1v) is 15.9. The van der Waals surface area contributed by atoms with E-state index in [4.69, 9.17) is 9.72 Å². The fraction of sp³-hybridized carbons (Fsp3) is 0.727. The number of methoxy groups -OCH3 is 1. The molecule has 41 heavy (non-hydrogen) atoms. The lowest BCUT2D eigenvalue weighted by atomic mass is 9.82. The number of imidazole rings is 1. The molecule has 2 aromatic rings. The number of anilines is 1. The van der Waals surface area contributed by atoms with Crippen molar-refractivity contribution in [3.05, 3.63) is 23.8 Å². The minimum absolute atomic E-state index is 0.186. The van der Waals surface area contributed by atoms with E-state index in [-0.39, 0.29) is 18.3 Å². The first-order valence-electron chi connectivity index (χ1n) is 15.9. The average molecular weight is 570 g/mol. The maximum Gasteiger partial charge on any atom is 0.307 e. The van der Waals surface area contributed by atoms with Crippen molar-refractivity contribution >= 4 is 28.9 Å². The summed E-state index contributed by atoms with van der Waals surface area (Å²) in [5.41, 5.74) is 2.27. The first kappa shape index (κ1) is 32.9. The quantitative estimate of drug-likeness (QED) is 0.247. The second-order valence-corrected chi connectivity index (χ2v) is 13.1. The van der Waals surface area contributed by atoms with Crippen LogP contribution in [0, 0.1) is 11.8 Å². The van der Waals surface area contributed by atoms with Crippen molar-refractivity contribution in [3.8, 4) is 0 Å². The molecule has 1 aliphatic rings. The van der Waals surface area contributed by atoms with Gasteiger partial charge in [0.25, 0.3) is 0 Å². The maximum atomic E-state index is 14.0. The van der Waals surface area contributed by atoms with E-state index in [1.165, 1.54) is 39.5 Å². The molecule has 230 valence electrons. The number of amides is 1. The van der Waals surface area contributed by atoms with E-state index in [2.05, 4.69) is 73.4 Å². The van der Waals surface area contributed by atoms with Crippen LogP contribution < -0.4 is 5.32 Å². The summed E-state index contributed by atoms with van der Waals surface area (Å²) < 4.78 is 7.05. The van der Waals surface area contributed by atoms with Gasteiger partial charge in [-0.3, -0.25) is 9.59 Å². The monoisotopic (exact) mass is 569 g/mol. The minimum Gasteiger partial charge on any atom is -0.469 e. The number of aromatic nitrogens is 2. The van der Waals surface area contributed by atoms with Gasteiger partial charge >= 0.3 is 5.97 Å². The molecule has 1 amide bonds. The lowest BCUT2D eigenvalue weighted by Gasteiger charge is -2.33. The third kappa shape index (κ3) is 9.45. The molecule has 0 bridgehead atoms. The Balaban J connectivity index is 1.87. The van der Waals surface area contributed by atoms with Crippen LogP contribution in [0.5, 0.6) is 0 Å². The van der Waals surface area contributed by atoms with E-state index in [0.717, 1.165) is 68.0 Å². The van der Waals surface area contributed by atoms with E-state index >= 15 is 0 Å². The molecule has 1 N–H and O–H groups in total. The van der Waals surface area contributed by atoms with E-state index in [0.29, 0.717) is 18.4 Å². The molecular formula is C33H55N5O3. The third-order valence-electron chi connectivity index (χ3n) is 8.39. The number of fused-ring (bicyclic) bond motifs is 1. The summed E-state index contributed by atoms with van der Waals surface area (Å²) in [6.45, 7) is 19.3. The third-order valence-corrected chi connectivity index (χ3v) is 8.39. The predicted molar refractivity (Wildman–Crippen MR) is 168 cm³/mol. The molecule has 8 nitrogen and oxygen atoms in total. The number of aryl methyl sites for hydroxylation is 1. The highest BCUT2D eigenvalue weighted by atomic mass is 16.5. The Bertz CT molecular complexity index is 1110. The second-order valence-electron chi connectivity index (χ2n) is 13.1. The molecule has 0 radical (unpaired) electrons. The Morgan fingerprint density at radius 2 is 1.68 bits per heavy atom. The number of nitrogens with zero attached hydrogens (tertiary/aromatic N) is 4. The molecular weight excluding hydrogens is 514 g/mol. The molecule has 1 aromatic heterocycles. The van der Waals surface area contributed by atoms with Gasteiger partial charge < -0.3 is 24.4 Å². The van der Waals surface area contributed by atoms with Crippen molar-refractivity contribution in [3.63, 3.8) is 0 Å². The van der Waals surface area contributed by atoms with Crippen LogP contribution in [0.15, 0.2) is 18.2 Å². The highest BCUT2D eigenvalue weighted by Gasteiger charge is 2.34. The Morgan fingerprint density at radius 3 is 2.29 bits per heavy atom. The van der Waals surface area contributed by atoms with Gasteiger partial charge in [-0.1, -0.05) is 40.2 Å². The van der Waals surface area contributed by atoms with Gasteiger partial charge in [0.15, 0.2) is 0 Å². The minimum atomic E-state index is -0.663. The van der Waals surface area contributed by atoms with Gasteiger partial charge in [-0.05, 0) is 95.1 Å². The summed E-state index contributed by atoms with van der Waals surface area (Å²) in [5, 5.41) is 3.37. The SMILES string of the molecule is COC(=O)CCNc1nc2ccc(C(C)(C)C(=O)N(CCC(C)C)CCC(C)C)cc2n1CCCN1CCCCC1. The van der Waals surface area contributed by atoms with E-state index in [1.807, 2.05) is 6.07 Å². The highest BCUT2D eigenvalue weighted by Crippen LogP contribution is 2.31. The number of hydrogen-bond acceptors (Lipinski definition) is 6. The van der Waals surface area contributed by atoms with Gasteiger partial charge in [0.1, 0.15) is 0 Å². The molecule has 0 saturated carbocycles. The van der Waals surface area contributed by atoms with Crippen LogP contribution in [0.1, 0.15) is 92.1 Å². The standard InChI is InChI=1S/C33H55N5O3/c1-25(2)15-22-37(23-16-26(3)4)31(40)33(5,6)27-12-13-28-29(24-27)38(21-11-20-36-18-9-8-10-19-36)32(35-28)34-17-14-30(39)41-7/h12-13,24-26H,8-11,14-23H2,1-7H3,(H,34,35). The molecule has 8 heteroatoms. The summed E-state index contributed by atoms with van der Waals surface area (Å²) in [6.07, 6.45) is 7.20. The number of likely N-dealkylation sites (tertiary alicyclic amines) is 1. The molecule has 3 rings (SSSR count). The fourth-order valence-corrected chi connectivity index (χ4v) is 5.55. The van der Waals surface area contributed by atoms with Crippen molar-refractivity contribution in [2.75, 3.05) is 51.7 Å². The molecule has 1 fully saturated rings. The molecule has 1 aliphatic heterocycles. The smallest absolute Gasteiger partial charge is 0.307 e. The normalized spacial score (nSPS) is 14.7. The zero-order chi connectivity index (χ0) is 30.0. The fourth-order valence-electron chi connectivity index (χ4n) is 5.55. The number of rotatable bonds is 16. The first-order chi connectivity index (χ1) is 19.5. The van der Waals surface area contributed by atoms with Crippen LogP contribution in [0.3, 0.4) is 0 Å². The number of ether oxygens (including phenoxy) is 1. The molecule has 0 unspecified atom stereocenters. The summed E-state index contributed by atoms with van der Waals surface area (Å²) >= 11 is 0. The van der Waals surface area contributed by atoms with Crippen molar-refractivity contribution in [2.24, 2.45) is 11.8 Å². The van der Waals surface area contributed by atoms with E-state index in [1.54, 1.807) is 0 Å². The number of hydrogen-bond donors (Lipinski definition) is 1. The maximum absolute atomic E-state index is 14.0. The van der Waals surface area contributed by atoms with E-state index < -0.39 is 5.41 Å². The lowest BCUT2D eigenvalue weighted by molar-refractivity contribution is -0.140. The highest BCUT2D eigenvalue weighted by molar-refractivity contribution is 5.89. The Hall–Kier alpha value is -2.61. The summed E-state index contributed by atoms with van der Waals surface area (Å²) in [5.74, 6) is 1.80. The van der Waals surface area contributed by atoms with Gasteiger partial charge in [-0.25, -0.2) is 4.98 Å². The zero-order valence-electron chi connectivity index (χ0n) is 26.8. The topological polar surface area (TPSA) is 79.7 Å². The Kier molecular flexibility index (Phi) is 12.5. The summed E-state index contributed by atoms with van der Waals surface area (Å²) in [6, 6.07) is 6.27. The largest absolute Gasteiger partial charge is 0.469 e. The van der Waals surface area contributed by atoms with Crippen molar-refractivity contribution in [1.29, 1.82) is 0 Å². The Labute approximate surface area is 248 Å². The van der Waals surface area contributed by atoms with Crippen LogP contribution in [0.4, 0.5) is 5.95 Å². The average Bonchev–Trinajstić information content (AvgIpc) is 3.29. The van der Waals surface area contributed by atoms with Gasteiger partial charge in [0, 0.05) is 26.2 Å². The van der Waals surface area contributed by atoms with Crippen molar-refractivity contribution in [2.45, 2.75) is 98.4 Å². The number of esters is 1. The number of benzene rings is 1. The van der Waals surface area contributed by atoms with Crippen molar-refractivity contribution in [1.82, 2.24) is 19.4 Å². The number of nitrogens with one attached hydrogen (secondary N) is 1. The van der Waals surface area contributed by atoms with Gasteiger partial charge in [0.05, 0.1) is 30.0 Å². The zero-order valence-corrected chi connectivity index (χ0v) is 26.8. The summed E-state index contributed by atoms with van der Waals surface area (Å²) in [4.78, 5) is 35.3. The second kappa shape index (κ2) is 15.6. The van der Waals surface area contributed by atoms with Crippen LogP contribution in [0.25, 0.3) is 11.0 Å². The van der Waals surface area contributed by atoms with Gasteiger partial charge in [0.2, 0.25) is 11.9 Å². The van der Waals surface area contributed by atoms with Crippen LogP contribution in [0.2, 0.25) is 0 Å². The molecule has 1 saturated heterocycles. The van der Waals surface area contributed by atoms with Crippen molar-refractivity contribution < 1.29 is 14.3 Å². The van der Waals surface area contributed by atoms with Crippen LogP contribution >= 0.6 is 0 Å². The lowest BCUT2D eigenvalue weighted by Crippen LogP contribution is -2.45. The van der Waals surface area contributed by atoms with Gasteiger partial charge in [-0.2, -0.15) is 0 Å².